The third-order valence-corrected chi connectivity index (χ3v) is 3.50. The van der Waals surface area contributed by atoms with Gasteiger partial charge in [0.15, 0.2) is 0 Å². The second-order valence-electron chi connectivity index (χ2n) is 4.71. The van der Waals surface area contributed by atoms with Gasteiger partial charge < -0.3 is 15.0 Å². The maximum absolute atomic E-state index is 5.40. The maximum Gasteiger partial charge on any atom is 0.0605 e. The van der Waals surface area contributed by atoms with E-state index in [1.807, 2.05) is 6.20 Å². The summed E-state index contributed by atoms with van der Waals surface area (Å²) in [5.74, 6) is 0. The van der Waals surface area contributed by atoms with Crippen molar-refractivity contribution in [3.63, 3.8) is 0 Å². The molecule has 1 N–H and O–H groups in total. The lowest BCUT2D eigenvalue weighted by atomic mass is 10.1. The molecule has 1 aliphatic rings. The third kappa shape index (κ3) is 3.43. The highest BCUT2D eigenvalue weighted by Crippen LogP contribution is 2.21. The van der Waals surface area contributed by atoms with Crippen molar-refractivity contribution in [1.29, 1.82) is 0 Å². The molecule has 2 heterocycles. The van der Waals surface area contributed by atoms with Gasteiger partial charge in [0, 0.05) is 38.6 Å². The summed E-state index contributed by atoms with van der Waals surface area (Å²) < 4.78 is 5.40. The molecule has 1 saturated heterocycles. The van der Waals surface area contributed by atoms with E-state index >= 15 is 0 Å². The number of nitrogens with one attached hydrogen (secondary N) is 1. The highest BCUT2D eigenvalue weighted by molar-refractivity contribution is 5.46. The number of hydrogen-bond acceptors (Lipinski definition) is 4. The van der Waals surface area contributed by atoms with E-state index in [9.17, 15) is 0 Å². The van der Waals surface area contributed by atoms with E-state index in [0.29, 0.717) is 6.10 Å². The van der Waals surface area contributed by atoms with Crippen LogP contribution in [-0.4, -0.2) is 37.8 Å². The van der Waals surface area contributed by atoms with Crippen molar-refractivity contribution in [1.82, 2.24) is 10.3 Å². The first-order valence-corrected chi connectivity index (χ1v) is 6.77. The maximum atomic E-state index is 5.40. The normalized spacial score (nSPS) is 17.1. The monoisotopic (exact) mass is 249 g/mol. The molecule has 0 aliphatic carbocycles. The summed E-state index contributed by atoms with van der Waals surface area (Å²) in [6.45, 7) is 6.08. The minimum atomic E-state index is 0.435. The number of aromatic nitrogens is 1. The number of methoxy groups -OCH3 is 1. The van der Waals surface area contributed by atoms with Crippen LogP contribution in [0.1, 0.15) is 25.5 Å². The number of rotatable bonds is 5. The third-order valence-electron chi connectivity index (χ3n) is 3.50. The number of ether oxygens (including phenoxy) is 1. The van der Waals surface area contributed by atoms with E-state index in [1.165, 1.54) is 5.69 Å². The Labute approximate surface area is 109 Å². The Kier molecular flexibility index (Phi) is 4.96. The molecule has 100 valence electrons. The van der Waals surface area contributed by atoms with Gasteiger partial charge in [0.25, 0.3) is 0 Å². The number of nitrogens with zero attached hydrogens (tertiary/aromatic N) is 2. The van der Waals surface area contributed by atoms with Gasteiger partial charge in [-0.25, -0.2) is 0 Å². The number of anilines is 1. The Bertz CT molecular complexity index is 362. The summed E-state index contributed by atoms with van der Waals surface area (Å²) in [5, 5.41) is 3.31. The molecule has 1 aromatic heterocycles. The van der Waals surface area contributed by atoms with Crippen LogP contribution in [-0.2, 0) is 11.3 Å². The van der Waals surface area contributed by atoms with Crippen molar-refractivity contribution in [3.8, 4) is 0 Å². The fourth-order valence-corrected chi connectivity index (χ4v) is 2.36. The van der Waals surface area contributed by atoms with E-state index in [4.69, 9.17) is 4.74 Å². The molecule has 1 aromatic rings. The molecule has 0 unspecified atom stereocenters. The first kappa shape index (κ1) is 13.3. The number of pyridine rings is 1. The second-order valence-corrected chi connectivity index (χ2v) is 4.71. The van der Waals surface area contributed by atoms with Gasteiger partial charge >= 0.3 is 0 Å². The Morgan fingerprint density at radius 3 is 2.89 bits per heavy atom. The first-order valence-electron chi connectivity index (χ1n) is 6.77. The van der Waals surface area contributed by atoms with Crippen LogP contribution < -0.4 is 10.2 Å². The number of piperidine rings is 1. The highest BCUT2D eigenvalue weighted by atomic mass is 16.5. The Hall–Kier alpha value is -1.13. The van der Waals surface area contributed by atoms with Crippen LogP contribution in [0.2, 0.25) is 0 Å². The van der Waals surface area contributed by atoms with Crippen LogP contribution in [0.15, 0.2) is 18.3 Å². The molecule has 0 radical (unpaired) electrons. The smallest absolute Gasteiger partial charge is 0.0605 e. The minimum Gasteiger partial charge on any atom is -0.381 e. The van der Waals surface area contributed by atoms with Gasteiger partial charge in [-0.3, -0.25) is 4.98 Å². The molecular weight excluding hydrogens is 226 g/mol. The predicted molar refractivity (Wildman–Crippen MR) is 73.9 cm³/mol. The van der Waals surface area contributed by atoms with Gasteiger partial charge in [-0.15, -0.1) is 0 Å². The van der Waals surface area contributed by atoms with Crippen molar-refractivity contribution in [3.05, 3.63) is 24.0 Å². The highest BCUT2D eigenvalue weighted by Gasteiger charge is 2.18. The molecule has 18 heavy (non-hydrogen) atoms. The topological polar surface area (TPSA) is 37.4 Å². The van der Waals surface area contributed by atoms with Crippen LogP contribution in [0.25, 0.3) is 0 Å². The largest absolute Gasteiger partial charge is 0.381 e. The molecule has 0 aromatic carbocycles. The number of hydrogen-bond donors (Lipinski definition) is 1. The fraction of sp³-hybridized carbons (Fsp3) is 0.643. The van der Waals surface area contributed by atoms with Crippen molar-refractivity contribution < 1.29 is 4.74 Å². The molecule has 0 spiro atoms. The first-order chi connectivity index (χ1) is 8.83. The molecule has 1 aliphatic heterocycles. The van der Waals surface area contributed by atoms with Crippen LogP contribution in [0, 0.1) is 0 Å². The molecule has 4 heteroatoms. The predicted octanol–water partition coefficient (Wildman–Crippen LogP) is 1.81. The van der Waals surface area contributed by atoms with Gasteiger partial charge in [0.05, 0.1) is 11.8 Å². The van der Waals surface area contributed by atoms with Gasteiger partial charge in [-0.1, -0.05) is 6.92 Å². The van der Waals surface area contributed by atoms with Gasteiger partial charge in [0.2, 0.25) is 0 Å². The van der Waals surface area contributed by atoms with Gasteiger partial charge in [0.1, 0.15) is 0 Å². The molecule has 2 rings (SSSR count). The lowest BCUT2D eigenvalue weighted by molar-refractivity contribution is 0.0819. The summed E-state index contributed by atoms with van der Waals surface area (Å²) >= 11 is 0. The van der Waals surface area contributed by atoms with Gasteiger partial charge in [-0.05, 0) is 31.5 Å². The van der Waals surface area contributed by atoms with E-state index in [-0.39, 0.29) is 0 Å². The molecule has 0 atom stereocenters. The zero-order chi connectivity index (χ0) is 12.8. The van der Waals surface area contributed by atoms with Crippen molar-refractivity contribution in [2.75, 3.05) is 31.6 Å². The van der Waals surface area contributed by atoms with Crippen LogP contribution in [0.3, 0.4) is 0 Å². The lowest BCUT2D eigenvalue weighted by Gasteiger charge is -2.33. The molecule has 4 nitrogen and oxygen atoms in total. The Morgan fingerprint density at radius 1 is 1.44 bits per heavy atom. The van der Waals surface area contributed by atoms with Crippen molar-refractivity contribution in [2.24, 2.45) is 0 Å². The van der Waals surface area contributed by atoms with Crippen molar-refractivity contribution >= 4 is 5.69 Å². The Morgan fingerprint density at radius 2 is 2.22 bits per heavy atom. The fourth-order valence-electron chi connectivity index (χ4n) is 2.36. The van der Waals surface area contributed by atoms with Crippen LogP contribution in [0.5, 0.6) is 0 Å². The Balaban J connectivity index is 1.96. The molecule has 1 fully saturated rings. The standard InChI is InChI=1S/C14H23N3O/c1-3-15-11-12-10-13(4-7-16-12)17-8-5-14(18-2)6-9-17/h4,7,10,14-15H,3,5-6,8-9,11H2,1-2H3. The minimum absolute atomic E-state index is 0.435. The van der Waals surface area contributed by atoms with Crippen LogP contribution >= 0.6 is 0 Å². The van der Waals surface area contributed by atoms with E-state index < -0.39 is 0 Å². The summed E-state index contributed by atoms with van der Waals surface area (Å²) in [4.78, 5) is 6.81. The zero-order valence-corrected chi connectivity index (χ0v) is 11.4. The summed E-state index contributed by atoms with van der Waals surface area (Å²) in [6, 6.07) is 4.29. The zero-order valence-electron chi connectivity index (χ0n) is 11.4. The average molecular weight is 249 g/mol. The van der Waals surface area contributed by atoms with Crippen molar-refractivity contribution in [2.45, 2.75) is 32.4 Å². The SMILES string of the molecule is CCNCc1cc(N2CCC(OC)CC2)ccn1. The summed E-state index contributed by atoms with van der Waals surface area (Å²) in [7, 11) is 1.81. The molecule has 0 amide bonds. The van der Waals surface area contributed by atoms with Gasteiger partial charge in [-0.2, -0.15) is 0 Å². The lowest BCUT2D eigenvalue weighted by Crippen LogP contribution is -2.36. The van der Waals surface area contributed by atoms with Crippen LogP contribution in [0.4, 0.5) is 5.69 Å². The molecule has 0 saturated carbocycles. The second kappa shape index (κ2) is 6.71. The summed E-state index contributed by atoms with van der Waals surface area (Å²) in [5.41, 5.74) is 2.40. The van der Waals surface area contributed by atoms with E-state index in [0.717, 1.165) is 44.7 Å². The molecule has 0 bridgehead atoms. The summed E-state index contributed by atoms with van der Waals surface area (Å²) in [6.07, 6.45) is 4.57. The van der Waals surface area contributed by atoms with E-state index in [2.05, 4.69) is 34.3 Å². The quantitative estimate of drug-likeness (QED) is 0.863. The molecular formula is C14H23N3O. The van der Waals surface area contributed by atoms with E-state index in [1.54, 1.807) is 7.11 Å². The average Bonchev–Trinajstić information content (AvgIpc) is 2.45.